The Kier molecular flexibility index (Phi) is 7.98. The summed E-state index contributed by atoms with van der Waals surface area (Å²) in [6, 6.07) is 16.1. The number of urea groups is 1. The number of thiophene rings is 1. The molecule has 1 saturated heterocycles. The number of carbonyl (C=O) groups is 3. The van der Waals surface area contributed by atoms with Gasteiger partial charge < -0.3 is 30.1 Å². The number of piperidine rings is 1. The number of benzene rings is 2. The fraction of sp³-hybridized carbons (Fsp3) is 0.290. The second-order valence-corrected chi connectivity index (χ2v) is 11.5. The second kappa shape index (κ2) is 12.0. The fourth-order valence-corrected chi connectivity index (χ4v) is 6.56. The summed E-state index contributed by atoms with van der Waals surface area (Å²) in [6.45, 7) is 2.60. The van der Waals surface area contributed by atoms with Crippen molar-refractivity contribution in [2.75, 3.05) is 37.0 Å². The van der Waals surface area contributed by atoms with Gasteiger partial charge in [-0.15, -0.1) is 11.3 Å². The van der Waals surface area contributed by atoms with E-state index in [0.29, 0.717) is 63.0 Å². The van der Waals surface area contributed by atoms with Gasteiger partial charge in [0.1, 0.15) is 21.2 Å². The quantitative estimate of drug-likeness (QED) is 0.264. The highest BCUT2D eigenvalue weighted by Crippen LogP contribution is 2.46. The number of amides is 4. The molecule has 0 aliphatic carbocycles. The summed E-state index contributed by atoms with van der Waals surface area (Å²) in [6.07, 6.45) is 1.75. The third-order valence-electron chi connectivity index (χ3n) is 7.52. The molecule has 0 saturated carbocycles. The van der Waals surface area contributed by atoms with E-state index in [1.54, 1.807) is 22.1 Å². The maximum atomic E-state index is 13.6. The molecule has 0 radical (unpaired) electrons. The van der Waals surface area contributed by atoms with Gasteiger partial charge in [-0.05, 0) is 61.7 Å². The van der Waals surface area contributed by atoms with Gasteiger partial charge in [0.15, 0.2) is 6.10 Å². The number of aliphatic hydroxyl groups excluding tert-OH is 1. The summed E-state index contributed by atoms with van der Waals surface area (Å²) >= 11 is 1.20. The number of para-hydroxylation sites is 1. The molecule has 0 bridgehead atoms. The summed E-state index contributed by atoms with van der Waals surface area (Å²) in [4.78, 5) is 48.3. The van der Waals surface area contributed by atoms with Crippen molar-refractivity contribution in [3.8, 4) is 11.5 Å². The van der Waals surface area contributed by atoms with Crippen LogP contribution >= 0.6 is 11.3 Å². The summed E-state index contributed by atoms with van der Waals surface area (Å²) in [7, 11) is 1.42. The number of aromatic nitrogens is 1. The molecule has 6 rings (SSSR count). The van der Waals surface area contributed by atoms with E-state index in [4.69, 9.17) is 9.47 Å². The number of nitrogens with one attached hydrogen (secondary N) is 2. The lowest BCUT2D eigenvalue weighted by atomic mass is 10.0. The molecule has 12 heteroatoms. The summed E-state index contributed by atoms with van der Waals surface area (Å²) in [5, 5.41) is 16.7. The van der Waals surface area contributed by atoms with Crippen LogP contribution in [-0.2, 0) is 9.53 Å². The zero-order valence-electron chi connectivity index (χ0n) is 23.7. The predicted octanol–water partition coefficient (Wildman–Crippen LogP) is 4.81. The number of nitrogens with zero attached hydrogens (tertiary/aromatic N) is 3. The zero-order valence-corrected chi connectivity index (χ0v) is 24.5. The topological polar surface area (TPSA) is 133 Å². The van der Waals surface area contributed by atoms with Crippen molar-refractivity contribution >= 4 is 56.5 Å². The smallest absolute Gasteiger partial charge is 0.331 e. The van der Waals surface area contributed by atoms with Crippen molar-refractivity contribution in [2.45, 2.75) is 31.9 Å². The first kappa shape index (κ1) is 28.6. The van der Waals surface area contributed by atoms with E-state index in [-0.39, 0.29) is 25.1 Å². The molecule has 4 amide bonds. The number of anilines is 3. The lowest BCUT2D eigenvalue weighted by molar-refractivity contribution is -0.144. The highest BCUT2D eigenvalue weighted by molar-refractivity contribution is 7.21. The van der Waals surface area contributed by atoms with Crippen molar-refractivity contribution in [1.29, 1.82) is 0 Å². The van der Waals surface area contributed by atoms with Crippen molar-refractivity contribution in [3.63, 3.8) is 0 Å². The largest absolute Gasteiger partial charge is 0.457 e. The molecule has 4 aromatic rings. The number of methoxy groups -OCH3 is 1. The SMILES string of the molecule is COCC(O)C(=O)N1CCC[C@@H](NC(=O)c2sc3nccc4c3c2NC(=O)N4c2ccc(Oc3ccccc3)cc2C)C1. The van der Waals surface area contributed by atoms with Crippen LogP contribution in [-0.4, -0.2) is 71.8 Å². The number of aryl methyl sites for hydroxylation is 1. The van der Waals surface area contributed by atoms with Gasteiger partial charge in [0.25, 0.3) is 11.8 Å². The Morgan fingerprint density at radius 1 is 1.16 bits per heavy atom. The van der Waals surface area contributed by atoms with Crippen molar-refractivity contribution < 1.29 is 29.0 Å². The Morgan fingerprint density at radius 3 is 2.74 bits per heavy atom. The zero-order chi connectivity index (χ0) is 30.1. The molecule has 1 fully saturated rings. The van der Waals surface area contributed by atoms with E-state index < -0.39 is 18.0 Å². The Balaban J connectivity index is 1.25. The van der Waals surface area contributed by atoms with Gasteiger partial charge in [0.05, 0.1) is 29.1 Å². The number of pyridine rings is 1. The third-order valence-corrected chi connectivity index (χ3v) is 8.61. The maximum Gasteiger partial charge on any atom is 0.331 e. The number of rotatable bonds is 8. The molecule has 3 N–H and O–H groups in total. The van der Waals surface area contributed by atoms with Crippen LogP contribution in [0.2, 0.25) is 0 Å². The highest BCUT2D eigenvalue weighted by atomic mass is 32.1. The van der Waals surface area contributed by atoms with E-state index in [2.05, 4.69) is 15.6 Å². The lowest BCUT2D eigenvalue weighted by Gasteiger charge is -2.34. The van der Waals surface area contributed by atoms with Crippen LogP contribution < -0.4 is 20.3 Å². The van der Waals surface area contributed by atoms with Gasteiger partial charge in [0.2, 0.25) is 0 Å². The number of aliphatic hydroxyl groups is 1. The first-order chi connectivity index (χ1) is 20.8. The van der Waals surface area contributed by atoms with Gasteiger partial charge >= 0.3 is 6.03 Å². The summed E-state index contributed by atoms with van der Waals surface area (Å²) in [5.74, 6) is 0.587. The number of carbonyl (C=O) groups excluding carboxylic acids is 3. The Hall–Kier alpha value is -4.52. The molecule has 1 unspecified atom stereocenters. The predicted molar refractivity (Wildman–Crippen MR) is 163 cm³/mol. The molecule has 222 valence electrons. The minimum Gasteiger partial charge on any atom is -0.457 e. The average Bonchev–Trinajstić information content (AvgIpc) is 3.38. The van der Waals surface area contributed by atoms with E-state index in [1.807, 2.05) is 55.5 Å². The second-order valence-electron chi connectivity index (χ2n) is 10.5. The molecule has 2 aliphatic rings. The molecule has 2 atom stereocenters. The Labute approximate surface area is 252 Å². The number of hydrogen-bond donors (Lipinski definition) is 3. The molecule has 2 aromatic heterocycles. The van der Waals surface area contributed by atoms with Crippen LogP contribution in [0.25, 0.3) is 10.2 Å². The normalized spacial score (nSPS) is 17.0. The van der Waals surface area contributed by atoms with Crippen LogP contribution in [0.15, 0.2) is 60.8 Å². The molecule has 2 aliphatic heterocycles. The van der Waals surface area contributed by atoms with E-state index in [0.717, 1.165) is 5.56 Å². The van der Waals surface area contributed by atoms with Crippen LogP contribution in [0.3, 0.4) is 0 Å². The van der Waals surface area contributed by atoms with Gasteiger partial charge in [-0.25, -0.2) is 9.78 Å². The Morgan fingerprint density at radius 2 is 1.98 bits per heavy atom. The molecule has 4 heterocycles. The van der Waals surface area contributed by atoms with E-state index in [1.165, 1.54) is 18.4 Å². The molecule has 43 heavy (non-hydrogen) atoms. The molecular formula is C31H31N5O6S. The van der Waals surface area contributed by atoms with Crippen LogP contribution in [0, 0.1) is 6.92 Å². The van der Waals surface area contributed by atoms with Crippen molar-refractivity contribution in [3.05, 3.63) is 71.2 Å². The van der Waals surface area contributed by atoms with Gasteiger partial charge in [-0.3, -0.25) is 14.5 Å². The number of ether oxygens (including phenoxy) is 2. The number of hydrogen-bond acceptors (Lipinski definition) is 8. The van der Waals surface area contributed by atoms with Crippen LogP contribution in [0.5, 0.6) is 11.5 Å². The van der Waals surface area contributed by atoms with Gasteiger partial charge in [-0.1, -0.05) is 18.2 Å². The van der Waals surface area contributed by atoms with E-state index >= 15 is 0 Å². The molecule has 11 nitrogen and oxygen atoms in total. The summed E-state index contributed by atoms with van der Waals surface area (Å²) < 4.78 is 10.9. The maximum absolute atomic E-state index is 13.6. The average molecular weight is 602 g/mol. The first-order valence-electron chi connectivity index (χ1n) is 14.0. The number of likely N-dealkylation sites (tertiary alicyclic amines) is 1. The standard InChI is InChI=1S/C31H31N5O6S/c1-18-15-21(42-20-8-4-3-5-9-20)10-11-22(18)36-23-12-13-32-29-25(23)26(34-31(36)40)27(43-29)28(38)33-19-7-6-14-35(16-19)30(39)24(37)17-41-2/h3-5,8-13,15,19,24,37H,6-7,14,16-17H2,1-2H3,(H,33,38)(H,34,40)/t19-,24?/m1/s1. The fourth-order valence-electron chi connectivity index (χ4n) is 5.54. The van der Waals surface area contributed by atoms with Crippen LogP contribution in [0.1, 0.15) is 28.1 Å². The lowest BCUT2D eigenvalue weighted by Crippen LogP contribution is -2.52. The molecular weight excluding hydrogens is 570 g/mol. The minimum absolute atomic E-state index is 0.0886. The minimum atomic E-state index is -1.25. The van der Waals surface area contributed by atoms with Crippen LogP contribution in [0.4, 0.5) is 21.9 Å². The van der Waals surface area contributed by atoms with E-state index in [9.17, 15) is 19.5 Å². The summed E-state index contributed by atoms with van der Waals surface area (Å²) in [5.41, 5.74) is 2.55. The first-order valence-corrected chi connectivity index (χ1v) is 14.8. The van der Waals surface area contributed by atoms with Crippen molar-refractivity contribution in [2.24, 2.45) is 0 Å². The van der Waals surface area contributed by atoms with Gasteiger partial charge in [0, 0.05) is 32.4 Å². The highest BCUT2D eigenvalue weighted by Gasteiger charge is 2.35. The van der Waals surface area contributed by atoms with Gasteiger partial charge in [-0.2, -0.15) is 0 Å². The monoisotopic (exact) mass is 601 g/mol. The molecule has 2 aromatic carbocycles. The van der Waals surface area contributed by atoms with Crippen molar-refractivity contribution in [1.82, 2.24) is 15.2 Å². The molecule has 0 spiro atoms. The Bertz CT molecular complexity index is 1690. The third kappa shape index (κ3) is 5.64.